The normalized spacial score (nSPS) is 9.95. The first-order valence-electron chi connectivity index (χ1n) is 5.69. The van der Waals surface area contributed by atoms with Gasteiger partial charge in [0.1, 0.15) is 18.2 Å². The van der Waals surface area contributed by atoms with Crippen molar-refractivity contribution < 1.29 is 9.13 Å². The fourth-order valence-electron chi connectivity index (χ4n) is 1.69. The highest BCUT2D eigenvalue weighted by Crippen LogP contribution is 2.22. The third kappa shape index (κ3) is 3.46. The van der Waals surface area contributed by atoms with Crippen molar-refractivity contribution in [2.24, 2.45) is 0 Å². The van der Waals surface area contributed by atoms with Crippen LogP contribution < -0.4 is 4.74 Å². The van der Waals surface area contributed by atoms with E-state index in [9.17, 15) is 4.39 Å². The molecule has 0 aliphatic carbocycles. The van der Waals surface area contributed by atoms with Gasteiger partial charge in [-0.25, -0.2) is 4.39 Å². The van der Waals surface area contributed by atoms with Crippen molar-refractivity contribution in [2.75, 3.05) is 0 Å². The summed E-state index contributed by atoms with van der Waals surface area (Å²) < 4.78 is 18.7. The van der Waals surface area contributed by atoms with E-state index in [1.54, 1.807) is 24.3 Å². The number of hydrogen-bond acceptors (Lipinski definition) is 2. The Morgan fingerprint density at radius 2 is 2.05 bits per heavy atom. The lowest BCUT2D eigenvalue weighted by atomic mass is 10.1. The molecule has 2 nitrogen and oxygen atoms in total. The van der Waals surface area contributed by atoms with E-state index in [0.29, 0.717) is 23.5 Å². The van der Waals surface area contributed by atoms with E-state index < -0.39 is 0 Å². The molecule has 2 aromatic rings. The lowest BCUT2D eigenvalue weighted by molar-refractivity contribution is 0.303. The van der Waals surface area contributed by atoms with Crippen LogP contribution in [0, 0.1) is 17.1 Å². The number of hydrogen-bond donors (Lipinski definition) is 0. The molecule has 96 valence electrons. The number of alkyl halides is 1. The molecule has 0 bridgehead atoms. The summed E-state index contributed by atoms with van der Waals surface area (Å²) in [7, 11) is 0. The summed E-state index contributed by atoms with van der Waals surface area (Å²) in [5, 5.41) is 8.81. The average Bonchev–Trinajstić information content (AvgIpc) is 2.46. The molecule has 2 rings (SSSR count). The fourth-order valence-corrected chi connectivity index (χ4v) is 1.89. The predicted octanol–water partition coefficient (Wildman–Crippen LogP) is 4.02. The Morgan fingerprint density at radius 1 is 1.21 bits per heavy atom. The monoisotopic (exact) mass is 275 g/mol. The Balaban J connectivity index is 2.12. The predicted molar refractivity (Wildman–Crippen MR) is 71.4 cm³/mol. The van der Waals surface area contributed by atoms with E-state index in [1.165, 1.54) is 12.1 Å². The van der Waals surface area contributed by atoms with E-state index >= 15 is 0 Å². The third-order valence-corrected chi connectivity index (χ3v) is 2.90. The fraction of sp³-hybridized carbons (Fsp3) is 0.133. The van der Waals surface area contributed by atoms with Gasteiger partial charge in [-0.2, -0.15) is 5.26 Å². The maximum atomic E-state index is 13.0. The summed E-state index contributed by atoms with van der Waals surface area (Å²) in [6, 6.07) is 13.5. The van der Waals surface area contributed by atoms with E-state index in [-0.39, 0.29) is 11.7 Å². The van der Waals surface area contributed by atoms with Crippen LogP contribution in [-0.2, 0) is 12.5 Å². The van der Waals surface area contributed by atoms with Gasteiger partial charge in [-0.05, 0) is 35.9 Å². The Labute approximate surface area is 116 Å². The van der Waals surface area contributed by atoms with Crippen LogP contribution in [-0.4, -0.2) is 0 Å². The number of ether oxygens (including phenoxy) is 1. The Bertz CT molecular complexity index is 622. The molecule has 2 aromatic carbocycles. The molecule has 0 N–H and O–H groups in total. The zero-order valence-electron chi connectivity index (χ0n) is 10.1. The van der Waals surface area contributed by atoms with Crippen LogP contribution in [0.25, 0.3) is 0 Å². The third-order valence-electron chi connectivity index (χ3n) is 2.62. The summed E-state index contributed by atoms with van der Waals surface area (Å²) in [6.45, 7) is 0.311. The zero-order chi connectivity index (χ0) is 13.7. The first-order valence-corrected chi connectivity index (χ1v) is 6.22. The lowest BCUT2D eigenvalue weighted by Gasteiger charge is -2.10. The molecule has 4 heteroatoms. The smallest absolute Gasteiger partial charge is 0.124 e. The number of halogens is 2. The lowest BCUT2D eigenvalue weighted by Crippen LogP contribution is -1.98. The summed E-state index contributed by atoms with van der Waals surface area (Å²) in [6.07, 6.45) is 0. The molecular formula is C15H11ClFNO. The van der Waals surface area contributed by atoms with Crippen LogP contribution in [0.1, 0.15) is 16.7 Å². The van der Waals surface area contributed by atoms with E-state index in [0.717, 1.165) is 5.56 Å². The molecule has 0 spiro atoms. The van der Waals surface area contributed by atoms with Crippen LogP contribution in [0.3, 0.4) is 0 Å². The minimum Gasteiger partial charge on any atom is -0.489 e. The van der Waals surface area contributed by atoms with Crippen LogP contribution >= 0.6 is 11.6 Å². The number of nitriles is 1. The van der Waals surface area contributed by atoms with Crippen molar-refractivity contribution in [1.82, 2.24) is 0 Å². The van der Waals surface area contributed by atoms with Gasteiger partial charge in [-0.3, -0.25) is 0 Å². The largest absolute Gasteiger partial charge is 0.489 e. The zero-order valence-corrected chi connectivity index (χ0v) is 10.8. The maximum absolute atomic E-state index is 13.0. The van der Waals surface area contributed by atoms with Crippen molar-refractivity contribution in [2.45, 2.75) is 12.5 Å². The SMILES string of the molecule is N#Cc1cccc(COc2ccc(F)cc2CCl)c1. The summed E-state index contributed by atoms with van der Waals surface area (Å²) in [4.78, 5) is 0. The highest BCUT2D eigenvalue weighted by molar-refractivity contribution is 6.17. The van der Waals surface area contributed by atoms with Gasteiger partial charge in [-0.15, -0.1) is 11.6 Å². The molecule has 0 amide bonds. The van der Waals surface area contributed by atoms with Crippen molar-refractivity contribution >= 4 is 11.6 Å². The standard InChI is InChI=1S/C15H11ClFNO/c16-8-13-7-14(17)4-5-15(13)19-10-12-3-1-2-11(6-12)9-18/h1-7H,8,10H2. The van der Waals surface area contributed by atoms with Gasteiger partial charge in [0.05, 0.1) is 17.5 Å². The van der Waals surface area contributed by atoms with Crippen molar-refractivity contribution in [3.63, 3.8) is 0 Å². The quantitative estimate of drug-likeness (QED) is 0.790. The van der Waals surface area contributed by atoms with Crippen molar-refractivity contribution in [1.29, 1.82) is 5.26 Å². The first kappa shape index (κ1) is 13.4. The minimum absolute atomic E-state index is 0.186. The van der Waals surface area contributed by atoms with Gasteiger partial charge in [-0.1, -0.05) is 12.1 Å². The summed E-state index contributed by atoms with van der Waals surface area (Å²) in [5.41, 5.74) is 2.07. The Kier molecular flexibility index (Phi) is 4.38. The Morgan fingerprint density at radius 3 is 2.79 bits per heavy atom. The second kappa shape index (κ2) is 6.21. The number of benzene rings is 2. The Hall–Kier alpha value is -2.05. The molecule has 0 unspecified atom stereocenters. The van der Waals surface area contributed by atoms with Crippen molar-refractivity contribution in [3.05, 3.63) is 65.0 Å². The van der Waals surface area contributed by atoms with E-state index in [1.807, 2.05) is 6.07 Å². The van der Waals surface area contributed by atoms with Gasteiger partial charge in [0.25, 0.3) is 0 Å². The highest BCUT2D eigenvalue weighted by Gasteiger charge is 2.05. The van der Waals surface area contributed by atoms with Gasteiger partial charge < -0.3 is 4.74 Å². The second-order valence-electron chi connectivity index (χ2n) is 3.99. The molecule has 19 heavy (non-hydrogen) atoms. The average molecular weight is 276 g/mol. The van der Waals surface area contributed by atoms with Gasteiger partial charge in [0, 0.05) is 5.56 Å². The molecule has 0 aromatic heterocycles. The molecule has 0 aliphatic heterocycles. The minimum atomic E-state index is -0.338. The molecular weight excluding hydrogens is 265 g/mol. The van der Waals surface area contributed by atoms with E-state index in [2.05, 4.69) is 6.07 Å². The number of nitrogens with zero attached hydrogens (tertiary/aromatic N) is 1. The molecule has 0 radical (unpaired) electrons. The topological polar surface area (TPSA) is 33.0 Å². The highest BCUT2D eigenvalue weighted by atomic mass is 35.5. The molecule has 0 heterocycles. The van der Waals surface area contributed by atoms with Gasteiger partial charge in [0.2, 0.25) is 0 Å². The van der Waals surface area contributed by atoms with Gasteiger partial charge >= 0.3 is 0 Å². The summed E-state index contributed by atoms with van der Waals surface area (Å²) in [5.74, 6) is 0.402. The molecule has 0 saturated carbocycles. The maximum Gasteiger partial charge on any atom is 0.124 e. The van der Waals surface area contributed by atoms with Crippen LogP contribution in [0.2, 0.25) is 0 Å². The molecule has 0 fully saturated rings. The van der Waals surface area contributed by atoms with Crippen LogP contribution in [0.4, 0.5) is 4.39 Å². The molecule has 0 aliphatic rings. The first-order chi connectivity index (χ1) is 9.22. The van der Waals surface area contributed by atoms with Crippen LogP contribution in [0.15, 0.2) is 42.5 Å². The van der Waals surface area contributed by atoms with Crippen LogP contribution in [0.5, 0.6) is 5.75 Å². The van der Waals surface area contributed by atoms with Crippen molar-refractivity contribution in [3.8, 4) is 11.8 Å². The molecule has 0 saturated heterocycles. The van der Waals surface area contributed by atoms with E-state index in [4.69, 9.17) is 21.6 Å². The molecule has 0 atom stereocenters. The van der Waals surface area contributed by atoms with Gasteiger partial charge in [0.15, 0.2) is 0 Å². The summed E-state index contributed by atoms with van der Waals surface area (Å²) >= 11 is 5.74. The second-order valence-corrected chi connectivity index (χ2v) is 4.25. The number of rotatable bonds is 4.